The maximum atomic E-state index is 10.9. The maximum absolute atomic E-state index is 10.9. The minimum atomic E-state index is -1.01. The Morgan fingerprint density at radius 3 is 2.83 bits per heavy atom. The molecule has 0 unspecified atom stereocenters. The number of ether oxygens (including phenoxy) is 2. The fourth-order valence-electron chi connectivity index (χ4n) is 1.82. The number of carbonyl (C=O) groups is 1. The molecule has 1 aromatic carbocycles. The first-order valence-corrected chi connectivity index (χ1v) is 6.05. The van der Waals surface area contributed by atoms with E-state index in [-0.39, 0.29) is 17.4 Å². The average Bonchev–Trinajstić information content (AvgIpc) is 2.93. The largest absolute Gasteiger partial charge is 0.477 e. The number of anilines is 1. The van der Waals surface area contributed by atoms with Crippen LogP contribution in [0.3, 0.4) is 0 Å². The molecule has 0 radical (unpaired) electrons. The molecule has 0 aliphatic carbocycles. The molecule has 5 nitrogen and oxygen atoms in total. The van der Waals surface area contributed by atoms with Crippen molar-refractivity contribution in [1.82, 2.24) is 0 Å². The van der Waals surface area contributed by atoms with Gasteiger partial charge >= 0.3 is 5.97 Å². The van der Waals surface area contributed by atoms with Gasteiger partial charge in [0.05, 0.1) is 5.69 Å². The van der Waals surface area contributed by atoms with Crippen molar-refractivity contribution in [3.8, 4) is 22.6 Å². The number of benzene rings is 1. The normalized spacial score (nSPS) is 12.7. The van der Waals surface area contributed by atoms with Crippen LogP contribution >= 0.6 is 11.3 Å². The standard InChI is InChI=1S/C12H9NO4S/c13-10-7(4-18-11(10)12(14)15)6-1-2-8-9(3-6)17-5-16-8/h1-4H,5,13H2,(H,14,15). The molecule has 0 amide bonds. The van der Waals surface area contributed by atoms with Crippen LogP contribution in [0.1, 0.15) is 9.67 Å². The van der Waals surface area contributed by atoms with Gasteiger partial charge in [-0.3, -0.25) is 0 Å². The zero-order chi connectivity index (χ0) is 12.7. The monoisotopic (exact) mass is 263 g/mol. The van der Waals surface area contributed by atoms with Crippen molar-refractivity contribution >= 4 is 23.0 Å². The Bertz CT molecular complexity index is 635. The highest BCUT2D eigenvalue weighted by atomic mass is 32.1. The summed E-state index contributed by atoms with van der Waals surface area (Å²) in [6.07, 6.45) is 0. The Labute approximate surface area is 106 Å². The lowest BCUT2D eigenvalue weighted by Crippen LogP contribution is -1.98. The van der Waals surface area contributed by atoms with E-state index in [1.807, 2.05) is 6.07 Å². The first-order valence-electron chi connectivity index (χ1n) is 5.17. The summed E-state index contributed by atoms with van der Waals surface area (Å²) in [6, 6.07) is 5.42. The van der Waals surface area contributed by atoms with Crippen LogP contribution in [-0.2, 0) is 0 Å². The minimum Gasteiger partial charge on any atom is -0.477 e. The number of hydrogen-bond acceptors (Lipinski definition) is 5. The number of rotatable bonds is 2. The summed E-state index contributed by atoms with van der Waals surface area (Å²) in [4.78, 5) is 11.1. The first kappa shape index (κ1) is 10.9. The molecule has 6 heteroatoms. The van der Waals surface area contributed by atoms with Crippen LogP contribution in [0.2, 0.25) is 0 Å². The number of thiophene rings is 1. The lowest BCUT2D eigenvalue weighted by Gasteiger charge is -2.02. The molecule has 92 valence electrons. The van der Waals surface area contributed by atoms with Crippen LogP contribution in [0.15, 0.2) is 23.6 Å². The van der Waals surface area contributed by atoms with E-state index in [0.717, 1.165) is 16.9 Å². The van der Waals surface area contributed by atoms with Crippen LogP contribution in [0.5, 0.6) is 11.5 Å². The molecular formula is C12H9NO4S. The lowest BCUT2D eigenvalue weighted by molar-refractivity contribution is 0.0703. The molecule has 3 N–H and O–H groups in total. The van der Waals surface area contributed by atoms with E-state index in [9.17, 15) is 4.79 Å². The minimum absolute atomic E-state index is 0.155. The van der Waals surface area contributed by atoms with Gasteiger partial charge in [0.2, 0.25) is 6.79 Å². The third-order valence-corrected chi connectivity index (χ3v) is 3.69. The second kappa shape index (κ2) is 3.92. The predicted octanol–water partition coefficient (Wildman–Crippen LogP) is 2.42. The van der Waals surface area contributed by atoms with Gasteiger partial charge < -0.3 is 20.3 Å². The molecule has 0 atom stereocenters. The number of aromatic carboxylic acids is 1. The molecule has 0 spiro atoms. The van der Waals surface area contributed by atoms with E-state index in [1.165, 1.54) is 0 Å². The Hall–Kier alpha value is -2.21. The van der Waals surface area contributed by atoms with Crippen molar-refractivity contribution in [2.75, 3.05) is 12.5 Å². The third kappa shape index (κ3) is 1.58. The SMILES string of the molecule is Nc1c(-c2ccc3c(c2)OCO3)csc1C(=O)O. The van der Waals surface area contributed by atoms with Crippen LogP contribution < -0.4 is 15.2 Å². The van der Waals surface area contributed by atoms with E-state index in [2.05, 4.69) is 0 Å². The molecule has 0 saturated carbocycles. The number of nitrogens with two attached hydrogens (primary N) is 1. The quantitative estimate of drug-likeness (QED) is 0.869. The van der Waals surface area contributed by atoms with E-state index in [4.69, 9.17) is 20.3 Å². The Morgan fingerprint density at radius 1 is 1.33 bits per heavy atom. The van der Waals surface area contributed by atoms with Gasteiger partial charge in [-0.1, -0.05) is 6.07 Å². The number of carboxylic acids is 1. The number of hydrogen-bond donors (Lipinski definition) is 2. The van der Waals surface area contributed by atoms with Gasteiger partial charge in [0, 0.05) is 10.9 Å². The molecule has 0 bridgehead atoms. The van der Waals surface area contributed by atoms with Gasteiger partial charge in [-0.2, -0.15) is 0 Å². The van der Waals surface area contributed by atoms with Gasteiger partial charge in [0.25, 0.3) is 0 Å². The van der Waals surface area contributed by atoms with Crippen molar-refractivity contribution < 1.29 is 19.4 Å². The highest BCUT2D eigenvalue weighted by Crippen LogP contribution is 2.40. The topological polar surface area (TPSA) is 81.8 Å². The third-order valence-electron chi connectivity index (χ3n) is 2.71. The smallest absolute Gasteiger partial charge is 0.348 e. The summed E-state index contributed by atoms with van der Waals surface area (Å²) in [7, 11) is 0. The maximum Gasteiger partial charge on any atom is 0.348 e. The fraction of sp³-hybridized carbons (Fsp3) is 0.0833. The second-order valence-electron chi connectivity index (χ2n) is 3.77. The van der Waals surface area contributed by atoms with Gasteiger partial charge in [0.15, 0.2) is 11.5 Å². The fourth-order valence-corrected chi connectivity index (χ4v) is 2.66. The zero-order valence-electron chi connectivity index (χ0n) is 9.17. The Morgan fingerprint density at radius 2 is 2.11 bits per heavy atom. The summed E-state index contributed by atoms with van der Waals surface area (Å²) in [5.74, 6) is 0.325. The van der Waals surface area contributed by atoms with Crippen molar-refractivity contribution in [3.05, 3.63) is 28.5 Å². The summed E-state index contributed by atoms with van der Waals surface area (Å²) in [5.41, 5.74) is 7.65. The number of fused-ring (bicyclic) bond motifs is 1. The molecule has 3 rings (SSSR count). The Kier molecular flexibility index (Phi) is 2.38. The summed E-state index contributed by atoms with van der Waals surface area (Å²) in [5, 5.41) is 10.7. The molecule has 1 aliphatic rings. The number of carboxylic acid groups (broad SMARTS) is 1. The van der Waals surface area contributed by atoms with Gasteiger partial charge in [-0.05, 0) is 17.7 Å². The molecule has 18 heavy (non-hydrogen) atoms. The van der Waals surface area contributed by atoms with Crippen molar-refractivity contribution in [3.63, 3.8) is 0 Å². The summed E-state index contributed by atoms with van der Waals surface area (Å²) >= 11 is 1.12. The van der Waals surface area contributed by atoms with Crippen LogP contribution in [0.4, 0.5) is 5.69 Å². The van der Waals surface area contributed by atoms with Gasteiger partial charge in [-0.15, -0.1) is 11.3 Å². The van der Waals surface area contributed by atoms with Crippen LogP contribution in [-0.4, -0.2) is 17.9 Å². The molecule has 2 heterocycles. The highest BCUT2D eigenvalue weighted by Gasteiger charge is 2.18. The lowest BCUT2D eigenvalue weighted by atomic mass is 10.1. The van der Waals surface area contributed by atoms with Crippen molar-refractivity contribution in [1.29, 1.82) is 0 Å². The Balaban J connectivity index is 2.07. The second-order valence-corrected chi connectivity index (χ2v) is 4.65. The van der Waals surface area contributed by atoms with E-state index < -0.39 is 5.97 Å². The predicted molar refractivity (Wildman–Crippen MR) is 67.2 cm³/mol. The van der Waals surface area contributed by atoms with E-state index in [0.29, 0.717) is 17.1 Å². The van der Waals surface area contributed by atoms with E-state index >= 15 is 0 Å². The van der Waals surface area contributed by atoms with E-state index in [1.54, 1.807) is 17.5 Å². The van der Waals surface area contributed by atoms with Crippen molar-refractivity contribution in [2.24, 2.45) is 0 Å². The summed E-state index contributed by atoms with van der Waals surface area (Å²) < 4.78 is 10.5. The molecule has 1 aromatic heterocycles. The zero-order valence-corrected chi connectivity index (χ0v) is 9.99. The summed E-state index contributed by atoms with van der Waals surface area (Å²) in [6.45, 7) is 0.207. The molecule has 1 aliphatic heterocycles. The molecule has 0 fully saturated rings. The number of nitrogen functional groups attached to an aromatic ring is 1. The van der Waals surface area contributed by atoms with Crippen LogP contribution in [0, 0.1) is 0 Å². The molecule has 0 saturated heterocycles. The average molecular weight is 263 g/mol. The highest BCUT2D eigenvalue weighted by molar-refractivity contribution is 7.13. The van der Waals surface area contributed by atoms with Crippen LogP contribution in [0.25, 0.3) is 11.1 Å². The first-order chi connectivity index (χ1) is 8.66. The van der Waals surface area contributed by atoms with Crippen molar-refractivity contribution in [2.45, 2.75) is 0 Å². The molecule has 2 aromatic rings. The van der Waals surface area contributed by atoms with Gasteiger partial charge in [-0.25, -0.2) is 4.79 Å². The van der Waals surface area contributed by atoms with Gasteiger partial charge in [0.1, 0.15) is 4.88 Å². The molecular weight excluding hydrogens is 254 g/mol.